The third kappa shape index (κ3) is 4.58. The van der Waals surface area contributed by atoms with Crippen LogP contribution in [0.15, 0.2) is 18.2 Å². The van der Waals surface area contributed by atoms with Crippen molar-refractivity contribution in [2.24, 2.45) is 0 Å². The van der Waals surface area contributed by atoms with Gasteiger partial charge in [0.2, 0.25) is 0 Å². The summed E-state index contributed by atoms with van der Waals surface area (Å²) in [5.74, 6) is 0. The third-order valence-electron chi connectivity index (χ3n) is 3.64. The highest BCUT2D eigenvalue weighted by atomic mass is 35.5. The Kier molecular flexibility index (Phi) is 6.30. The monoisotopic (exact) mass is 312 g/mol. The number of ether oxygens (including phenoxy) is 2. The maximum absolute atomic E-state index is 6.41. The molecule has 0 unspecified atom stereocenters. The van der Waals surface area contributed by atoms with Crippen molar-refractivity contribution in [2.45, 2.75) is 32.6 Å². The van der Waals surface area contributed by atoms with E-state index >= 15 is 0 Å². The fourth-order valence-corrected chi connectivity index (χ4v) is 3.02. The predicted molar refractivity (Wildman–Crippen MR) is 87.3 cm³/mol. The van der Waals surface area contributed by atoms with Crippen molar-refractivity contribution in [3.63, 3.8) is 0 Å². The van der Waals surface area contributed by atoms with Crippen LogP contribution in [0.1, 0.15) is 19.4 Å². The second-order valence-electron chi connectivity index (χ2n) is 5.57. The van der Waals surface area contributed by atoms with Gasteiger partial charge in [0.15, 0.2) is 0 Å². The standard InChI is InChI=1S/C16H25ClN2O2/c1-12-10-19(11-13(2)21-12)16-6-4-5-15(17)14(16)9-18-7-8-20-3/h4-6,12-13,18H,7-11H2,1-3H3/t12-,13+. The number of benzene rings is 1. The molecule has 0 amide bonds. The van der Waals surface area contributed by atoms with Crippen LogP contribution in [-0.4, -0.2) is 45.6 Å². The lowest BCUT2D eigenvalue weighted by Gasteiger charge is -2.38. The summed E-state index contributed by atoms with van der Waals surface area (Å²) in [5.41, 5.74) is 2.35. The maximum Gasteiger partial charge on any atom is 0.0726 e. The fraction of sp³-hybridized carbons (Fsp3) is 0.625. The molecule has 21 heavy (non-hydrogen) atoms. The second-order valence-corrected chi connectivity index (χ2v) is 5.98. The predicted octanol–water partition coefficient (Wildman–Crippen LogP) is 2.69. The molecular weight excluding hydrogens is 288 g/mol. The molecule has 5 heteroatoms. The highest BCUT2D eigenvalue weighted by Crippen LogP contribution is 2.29. The molecule has 4 nitrogen and oxygen atoms in total. The van der Waals surface area contributed by atoms with Gasteiger partial charge < -0.3 is 19.7 Å². The Morgan fingerprint density at radius 3 is 2.71 bits per heavy atom. The molecule has 2 rings (SSSR count). The van der Waals surface area contributed by atoms with Gasteiger partial charge in [0.25, 0.3) is 0 Å². The first-order valence-electron chi connectivity index (χ1n) is 7.49. The number of morpholine rings is 1. The molecule has 1 heterocycles. The van der Waals surface area contributed by atoms with Gasteiger partial charge in [0, 0.05) is 49.6 Å². The number of methoxy groups -OCH3 is 1. The van der Waals surface area contributed by atoms with Gasteiger partial charge in [-0.25, -0.2) is 0 Å². The number of rotatable bonds is 6. The Bertz CT molecular complexity index is 446. The Morgan fingerprint density at radius 1 is 1.33 bits per heavy atom. The first-order chi connectivity index (χ1) is 10.1. The maximum atomic E-state index is 6.41. The minimum atomic E-state index is 0.238. The minimum Gasteiger partial charge on any atom is -0.383 e. The average molecular weight is 313 g/mol. The van der Waals surface area contributed by atoms with Gasteiger partial charge in [-0.2, -0.15) is 0 Å². The highest BCUT2D eigenvalue weighted by molar-refractivity contribution is 6.31. The number of nitrogens with one attached hydrogen (secondary N) is 1. The van der Waals surface area contributed by atoms with Crippen LogP contribution < -0.4 is 10.2 Å². The Balaban J connectivity index is 2.12. The second kappa shape index (κ2) is 7.99. The molecule has 0 saturated carbocycles. The lowest BCUT2D eigenvalue weighted by atomic mass is 10.1. The molecule has 1 saturated heterocycles. The first kappa shape index (κ1) is 16.6. The van der Waals surface area contributed by atoms with Crippen molar-refractivity contribution in [1.29, 1.82) is 0 Å². The summed E-state index contributed by atoms with van der Waals surface area (Å²) in [6.07, 6.45) is 0.476. The van der Waals surface area contributed by atoms with Gasteiger partial charge in [-0.1, -0.05) is 17.7 Å². The van der Waals surface area contributed by atoms with Crippen LogP contribution in [0.3, 0.4) is 0 Å². The van der Waals surface area contributed by atoms with Crippen molar-refractivity contribution in [3.8, 4) is 0 Å². The average Bonchev–Trinajstić information content (AvgIpc) is 2.43. The molecule has 0 radical (unpaired) electrons. The fourth-order valence-electron chi connectivity index (χ4n) is 2.78. The molecule has 2 atom stereocenters. The quantitative estimate of drug-likeness (QED) is 0.819. The van der Waals surface area contributed by atoms with Gasteiger partial charge in [0.1, 0.15) is 0 Å². The van der Waals surface area contributed by atoms with Crippen LogP contribution in [0.5, 0.6) is 0 Å². The number of hydrogen-bond donors (Lipinski definition) is 1. The van der Waals surface area contributed by atoms with Gasteiger partial charge >= 0.3 is 0 Å². The molecule has 1 aliphatic rings. The van der Waals surface area contributed by atoms with Crippen LogP contribution >= 0.6 is 11.6 Å². The Morgan fingerprint density at radius 2 is 2.05 bits per heavy atom. The molecular formula is C16H25ClN2O2. The zero-order chi connectivity index (χ0) is 15.2. The number of halogens is 1. The summed E-state index contributed by atoms with van der Waals surface area (Å²) < 4.78 is 10.9. The van der Waals surface area contributed by atoms with E-state index in [2.05, 4.69) is 30.1 Å². The van der Waals surface area contributed by atoms with Crippen LogP contribution in [-0.2, 0) is 16.0 Å². The summed E-state index contributed by atoms with van der Waals surface area (Å²) >= 11 is 6.41. The van der Waals surface area contributed by atoms with Gasteiger partial charge in [0.05, 0.1) is 18.8 Å². The first-order valence-corrected chi connectivity index (χ1v) is 7.87. The number of hydrogen-bond acceptors (Lipinski definition) is 4. The molecule has 0 aliphatic carbocycles. The van der Waals surface area contributed by atoms with Crippen LogP contribution in [0, 0.1) is 0 Å². The zero-order valence-corrected chi connectivity index (χ0v) is 13.8. The zero-order valence-electron chi connectivity index (χ0n) is 13.1. The number of nitrogens with zero attached hydrogens (tertiary/aromatic N) is 1. The molecule has 1 fully saturated rings. The van der Waals surface area contributed by atoms with Gasteiger partial charge in [-0.3, -0.25) is 0 Å². The smallest absolute Gasteiger partial charge is 0.0726 e. The molecule has 118 valence electrons. The van der Waals surface area contributed by atoms with E-state index in [1.807, 2.05) is 12.1 Å². The van der Waals surface area contributed by atoms with Gasteiger partial charge in [-0.15, -0.1) is 0 Å². The molecule has 1 N–H and O–H groups in total. The van der Waals surface area contributed by atoms with Crippen LogP contribution in [0.4, 0.5) is 5.69 Å². The van der Waals surface area contributed by atoms with Crippen LogP contribution in [0.2, 0.25) is 5.02 Å². The van der Waals surface area contributed by atoms with Gasteiger partial charge in [-0.05, 0) is 26.0 Å². The number of anilines is 1. The lowest BCUT2D eigenvalue weighted by Crippen LogP contribution is -2.46. The topological polar surface area (TPSA) is 33.7 Å². The van der Waals surface area contributed by atoms with E-state index in [1.165, 1.54) is 5.69 Å². The normalized spacial score (nSPS) is 22.6. The van der Waals surface area contributed by atoms with Crippen molar-refractivity contribution in [3.05, 3.63) is 28.8 Å². The molecule has 0 spiro atoms. The molecule has 1 aromatic rings. The van der Waals surface area contributed by atoms with E-state index in [9.17, 15) is 0 Å². The van der Waals surface area contributed by atoms with Crippen molar-refractivity contribution in [1.82, 2.24) is 5.32 Å². The van der Waals surface area contributed by atoms with E-state index in [0.717, 1.165) is 36.8 Å². The molecule has 1 aliphatic heterocycles. The molecule has 0 aromatic heterocycles. The van der Waals surface area contributed by atoms with E-state index in [0.29, 0.717) is 6.61 Å². The van der Waals surface area contributed by atoms with Crippen LogP contribution in [0.25, 0.3) is 0 Å². The summed E-state index contributed by atoms with van der Waals surface area (Å²) in [7, 11) is 1.71. The van der Waals surface area contributed by atoms with E-state index in [4.69, 9.17) is 21.1 Å². The van der Waals surface area contributed by atoms with E-state index < -0.39 is 0 Å². The molecule has 1 aromatic carbocycles. The molecule has 0 bridgehead atoms. The van der Waals surface area contributed by atoms with E-state index in [-0.39, 0.29) is 12.2 Å². The summed E-state index contributed by atoms with van der Waals surface area (Å²) in [5, 5.41) is 4.19. The van der Waals surface area contributed by atoms with Crippen molar-refractivity contribution < 1.29 is 9.47 Å². The highest BCUT2D eigenvalue weighted by Gasteiger charge is 2.24. The van der Waals surface area contributed by atoms with Crippen molar-refractivity contribution in [2.75, 3.05) is 38.3 Å². The van der Waals surface area contributed by atoms with E-state index in [1.54, 1.807) is 7.11 Å². The summed E-state index contributed by atoms with van der Waals surface area (Å²) in [6, 6.07) is 6.11. The largest absolute Gasteiger partial charge is 0.383 e. The van der Waals surface area contributed by atoms with Crippen molar-refractivity contribution >= 4 is 17.3 Å². The summed E-state index contributed by atoms with van der Waals surface area (Å²) in [6.45, 7) is 8.29. The third-order valence-corrected chi connectivity index (χ3v) is 3.99. The Labute approximate surface area is 132 Å². The lowest BCUT2D eigenvalue weighted by molar-refractivity contribution is -0.00526. The summed E-state index contributed by atoms with van der Waals surface area (Å²) in [4.78, 5) is 2.37. The minimum absolute atomic E-state index is 0.238. The Hall–Kier alpha value is -0.810. The SMILES string of the molecule is COCCNCc1c(Cl)cccc1N1C[C@@H](C)O[C@@H](C)C1.